The minimum absolute atomic E-state index is 0.206. The number of benzene rings is 1. The zero-order valence-electron chi connectivity index (χ0n) is 9.99. The molecule has 17 heavy (non-hydrogen) atoms. The maximum Gasteiger partial charge on any atom is 0.336 e. The SMILES string of the molecule is C=CC(C)(C)Nc1ccc2ccc(=O)oc2c1. The monoisotopic (exact) mass is 229 g/mol. The quantitative estimate of drug-likeness (QED) is 0.649. The van der Waals surface area contributed by atoms with Gasteiger partial charge in [-0.15, -0.1) is 6.58 Å². The minimum atomic E-state index is -0.336. The third-order valence-corrected chi connectivity index (χ3v) is 2.60. The molecule has 88 valence electrons. The predicted molar refractivity (Wildman–Crippen MR) is 70.4 cm³/mol. The van der Waals surface area contributed by atoms with Gasteiger partial charge >= 0.3 is 5.63 Å². The summed E-state index contributed by atoms with van der Waals surface area (Å²) in [6.45, 7) is 7.81. The van der Waals surface area contributed by atoms with E-state index in [2.05, 4.69) is 11.9 Å². The molecule has 0 saturated carbocycles. The molecule has 0 spiro atoms. The first-order valence-corrected chi connectivity index (χ1v) is 5.46. The molecule has 0 bridgehead atoms. The van der Waals surface area contributed by atoms with Crippen molar-refractivity contribution in [3.63, 3.8) is 0 Å². The number of nitrogens with one attached hydrogen (secondary N) is 1. The van der Waals surface area contributed by atoms with E-state index >= 15 is 0 Å². The molecule has 0 aliphatic carbocycles. The molecule has 0 amide bonds. The highest BCUT2D eigenvalue weighted by Crippen LogP contribution is 2.21. The van der Waals surface area contributed by atoms with Crippen molar-refractivity contribution in [2.75, 3.05) is 5.32 Å². The molecule has 0 fully saturated rings. The lowest BCUT2D eigenvalue weighted by molar-refractivity contribution is 0.561. The molecule has 1 aromatic heterocycles. The van der Waals surface area contributed by atoms with Crippen LogP contribution in [0.5, 0.6) is 0 Å². The topological polar surface area (TPSA) is 42.2 Å². The van der Waals surface area contributed by atoms with E-state index in [9.17, 15) is 4.79 Å². The Labute approximate surface area is 99.8 Å². The molecule has 1 aromatic carbocycles. The molecule has 3 nitrogen and oxygen atoms in total. The van der Waals surface area contributed by atoms with Gasteiger partial charge in [0.25, 0.3) is 0 Å². The van der Waals surface area contributed by atoms with Gasteiger partial charge in [-0.1, -0.05) is 6.08 Å². The van der Waals surface area contributed by atoms with Crippen LogP contribution < -0.4 is 10.9 Å². The number of anilines is 1. The van der Waals surface area contributed by atoms with Crippen LogP contribution in [0.3, 0.4) is 0 Å². The summed E-state index contributed by atoms with van der Waals surface area (Å²) in [6, 6.07) is 8.86. The Hall–Kier alpha value is -2.03. The van der Waals surface area contributed by atoms with E-state index in [0.29, 0.717) is 5.58 Å². The summed E-state index contributed by atoms with van der Waals surface area (Å²) in [5.74, 6) is 0. The molecular weight excluding hydrogens is 214 g/mol. The molecule has 0 radical (unpaired) electrons. The van der Waals surface area contributed by atoms with Gasteiger partial charge < -0.3 is 9.73 Å². The predicted octanol–water partition coefficient (Wildman–Crippen LogP) is 3.17. The van der Waals surface area contributed by atoms with E-state index in [4.69, 9.17) is 4.42 Å². The van der Waals surface area contributed by atoms with Crippen LogP contribution in [-0.4, -0.2) is 5.54 Å². The fraction of sp³-hybridized carbons (Fsp3) is 0.214. The summed E-state index contributed by atoms with van der Waals surface area (Å²) in [5.41, 5.74) is 0.944. The van der Waals surface area contributed by atoms with Crippen molar-refractivity contribution in [2.24, 2.45) is 0 Å². The number of fused-ring (bicyclic) bond motifs is 1. The van der Waals surface area contributed by atoms with Gasteiger partial charge in [0.2, 0.25) is 0 Å². The molecule has 2 rings (SSSR count). The van der Waals surface area contributed by atoms with Crippen LogP contribution in [0.4, 0.5) is 5.69 Å². The maximum absolute atomic E-state index is 11.1. The number of hydrogen-bond acceptors (Lipinski definition) is 3. The van der Waals surface area contributed by atoms with Crippen molar-refractivity contribution in [3.8, 4) is 0 Å². The molecule has 3 heteroatoms. The highest BCUT2D eigenvalue weighted by molar-refractivity contribution is 5.80. The fourth-order valence-electron chi connectivity index (χ4n) is 1.56. The first kappa shape index (κ1) is 11.5. The Kier molecular flexibility index (Phi) is 2.76. The van der Waals surface area contributed by atoms with E-state index in [1.165, 1.54) is 6.07 Å². The summed E-state index contributed by atoms with van der Waals surface area (Å²) < 4.78 is 5.13. The molecule has 1 N–H and O–H groups in total. The van der Waals surface area contributed by atoms with Crippen LogP contribution in [-0.2, 0) is 0 Å². The Bertz CT molecular complexity index is 611. The highest BCUT2D eigenvalue weighted by atomic mass is 16.4. The molecule has 2 aromatic rings. The van der Waals surface area contributed by atoms with Crippen molar-refractivity contribution in [1.29, 1.82) is 0 Å². The maximum atomic E-state index is 11.1. The second-order valence-electron chi connectivity index (χ2n) is 4.56. The molecule has 0 aliphatic rings. The van der Waals surface area contributed by atoms with Gasteiger partial charge in [0.05, 0.1) is 0 Å². The standard InChI is InChI=1S/C14H15NO2/c1-4-14(2,3)15-11-7-5-10-6-8-13(16)17-12(10)9-11/h4-9,15H,1H2,2-3H3. The lowest BCUT2D eigenvalue weighted by atomic mass is 10.1. The van der Waals surface area contributed by atoms with E-state index in [1.54, 1.807) is 6.07 Å². The first-order valence-electron chi connectivity index (χ1n) is 5.46. The van der Waals surface area contributed by atoms with Gasteiger partial charge in [0, 0.05) is 28.7 Å². The second kappa shape index (κ2) is 4.09. The Morgan fingerprint density at radius 1 is 1.29 bits per heavy atom. The van der Waals surface area contributed by atoms with E-state index in [0.717, 1.165) is 11.1 Å². The van der Waals surface area contributed by atoms with E-state index in [1.807, 2.05) is 38.1 Å². The van der Waals surface area contributed by atoms with Gasteiger partial charge in [0.1, 0.15) is 5.58 Å². The third-order valence-electron chi connectivity index (χ3n) is 2.60. The average Bonchev–Trinajstić information content (AvgIpc) is 2.28. The zero-order valence-corrected chi connectivity index (χ0v) is 9.99. The summed E-state index contributed by atoms with van der Waals surface area (Å²) >= 11 is 0. The summed E-state index contributed by atoms with van der Waals surface area (Å²) in [5, 5.41) is 4.21. The van der Waals surface area contributed by atoms with Crippen molar-refractivity contribution < 1.29 is 4.42 Å². The summed E-state index contributed by atoms with van der Waals surface area (Å²) in [6.07, 6.45) is 1.83. The van der Waals surface area contributed by atoms with Crippen molar-refractivity contribution in [2.45, 2.75) is 19.4 Å². The molecule has 0 atom stereocenters. The van der Waals surface area contributed by atoms with Crippen molar-refractivity contribution in [3.05, 3.63) is 53.4 Å². The average molecular weight is 229 g/mol. The van der Waals surface area contributed by atoms with Gasteiger partial charge in [-0.3, -0.25) is 0 Å². The summed E-state index contributed by atoms with van der Waals surface area (Å²) in [7, 11) is 0. The van der Waals surface area contributed by atoms with E-state index < -0.39 is 0 Å². The van der Waals surface area contributed by atoms with Crippen LogP contribution in [0, 0.1) is 0 Å². The molecule has 1 heterocycles. The van der Waals surface area contributed by atoms with Crippen LogP contribution in [0.25, 0.3) is 11.0 Å². The molecule has 0 unspecified atom stereocenters. The Morgan fingerprint density at radius 3 is 2.71 bits per heavy atom. The number of hydrogen-bond donors (Lipinski definition) is 1. The van der Waals surface area contributed by atoms with Gasteiger partial charge in [-0.05, 0) is 32.0 Å². The van der Waals surface area contributed by atoms with E-state index in [-0.39, 0.29) is 11.2 Å². The van der Waals surface area contributed by atoms with Crippen LogP contribution >= 0.6 is 0 Å². The molecule has 0 saturated heterocycles. The zero-order chi connectivity index (χ0) is 12.5. The molecular formula is C14H15NO2. The minimum Gasteiger partial charge on any atom is -0.423 e. The van der Waals surface area contributed by atoms with Gasteiger partial charge in [0.15, 0.2) is 0 Å². The van der Waals surface area contributed by atoms with Crippen LogP contribution in [0.2, 0.25) is 0 Å². The Morgan fingerprint density at radius 2 is 2.00 bits per heavy atom. The van der Waals surface area contributed by atoms with Gasteiger partial charge in [-0.2, -0.15) is 0 Å². The number of rotatable bonds is 3. The smallest absolute Gasteiger partial charge is 0.336 e. The summed E-state index contributed by atoms with van der Waals surface area (Å²) in [4.78, 5) is 11.1. The lowest BCUT2D eigenvalue weighted by Gasteiger charge is -2.23. The lowest BCUT2D eigenvalue weighted by Crippen LogP contribution is -2.27. The third kappa shape index (κ3) is 2.56. The largest absolute Gasteiger partial charge is 0.423 e. The normalized spacial score (nSPS) is 11.4. The first-order chi connectivity index (χ1) is 8.00. The fourth-order valence-corrected chi connectivity index (χ4v) is 1.56. The van der Waals surface area contributed by atoms with Crippen molar-refractivity contribution in [1.82, 2.24) is 0 Å². The Balaban J connectivity index is 2.44. The second-order valence-corrected chi connectivity index (χ2v) is 4.56. The van der Waals surface area contributed by atoms with Crippen LogP contribution in [0.15, 0.2) is 52.2 Å². The van der Waals surface area contributed by atoms with Crippen LogP contribution in [0.1, 0.15) is 13.8 Å². The van der Waals surface area contributed by atoms with Crippen molar-refractivity contribution >= 4 is 16.7 Å². The van der Waals surface area contributed by atoms with Gasteiger partial charge in [-0.25, -0.2) is 4.79 Å². The highest BCUT2D eigenvalue weighted by Gasteiger charge is 2.12. The molecule has 0 aliphatic heterocycles.